The Kier molecular flexibility index (Phi) is 3.07. The molecule has 0 fully saturated rings. The van der Waals surface area contributed by atoms with Crippen LogP contribution in [0.4, 0.5) is 10.1 Å². The van der Waals surface area contributed by atoms with Crippen LogP contribution >= 0.6 is 0 Å². The van der Waals surface area contributed by atoms with Crippen LogP contribution in [0.25, 0.3) is 0 Å². The number of ether oxygens (including phenoxy) is 1. The molecule has 1 N–H and O–H groups in total. The first-order chi connectivity index (χ1) is 9.31. The molecule has 0 amide bonds. The minimum atomic E-state index is -1.28. The first-order valence-electron chi connectivity index (χ1n) is 6.30. The summed E-state index contributed by atoms with van der Waals surface area (Å²) in [7, 11) is 1.53. The zero-order chi connectivity index (χ0) is 13.2. The normalized spacial score (nSPS) is 14.6. The molecule has 0 bridgehead atoms. The first-order valence-corrected chi connectivity index (χ1v) is 6.30. The molecule has 2 aromatic rings. The summed E-state index contributed by atoms with van der Waals surface area (Å²) < 4.78 is 20.0. The average Bonchev–Trinajstić information content (AvgIpc) is 2.94. The van der Waals surface area contributed by atoms with Crippen molar-refractivity contribution < 1.29 is 9.13 Å². The van der Waals surface area contributed by atoms with Crippen molar-refractivity contribution in [1.82, 2.24) is 4.98 Å². The van der Waals surface area contributed by atoms with Crippen molar-refractivity contribution in [1.29, 1.82) is 0 Å². The Morgan fingerprint density at radius 1 is 1.32 bits per heavy atom. The number of methoxy groups -OCH3 is 1. The number of anilines is 1. The van der Waals surface area contributed by atoms with Crippen molar-refractivity contribution in [3.63, 3.8) is 0 Å². The Morgan fingerprint density at radius 2 is 2.21 bits per heavy atom. The molecular formula is C15H15FN2O. The SMILES string of the molecule is COc1cccnc1C(F)c1cccc2c1NCC2. The third-order valence-electron chi connectivity index (χ3n) is 3.41. The van der Waals surface area contributed by atoms with Crippen molar-refractivity contribution in [3.8, 4) is 5.75 Å². The van der Waals surface area contributed by atoms with Gasteiger partial charge in [-0.25, -0.2) is 4.39 Å². The first kappa shape index (κ1) is 12.0. The molecule has 1 unspecified atom stereocenters. The number of nitrogens with one attached hydrogen (secondary N) is 1. The molecule has 1 aromatic carbocycles. The minimum absolute atomic E-state index is 0.326. The van der Waals surface area contributed by atoms with E-state index in [0.717, 1.165) is 24.2 Å². The Hall–Kier alpha value is -2.10. The number of hydrogen-bond acceptors (Lipinski definition) is 3. The number of fused-ring (bicyclic) bond motifs is 1. The number of alkyl halides is 1. The van der Waals surface area contributed by atoms with E-state index in [4.69, 9.17) is 4.74 Å². The molecule has 0 aliphatic carbocycles. The topological polar surface area (TPSA) is 34.1 Å². The quantitative estimate of drug-likeness (QED) is 0.918. The van der Waals surface area contributed by atoms with Crippen molar-refractivity contribution in [3.05, 3.63) is 53.3 Å². The van der Waals surface area contributed by atoms with Crippen LogP contribution in [-0.2, 0) is 6.42 Å². The van der Waals surface area contributed by atoms with E-state index in [2.05, 4.69) is 10.3 Å². The highest BCUT2D eigenvalue weighted by Gasteiger charge is 2.24. The predicted molar refractivity (Wildman–Crippen MR) is 72.4 cm³/mol. The zero-order valence-corrected chi connectivity index (χ0v) is 10.7. The molecule has 3 nitrogen and oxygen atoms in total. The third kappa shape index (κ3) is 2.03. The summed E-state index contributed by atoms with van der Waals surface area (Å²) in [5.41, 5.74) is 3.02. The third-order valence-corrected chi connectivity index (χ3v) is 3.41. The highest BCUT2D eigenvalue weighted by atomic mass is 19.1. The van der Waals surface area contributed by atoms with Gasteiger partial charge < -0.3 is 10.1 Å². The maximum Gasteiger partial charge on any atom is 0.173 e. The van der Waals surface area contributed by atoms with Gasteiger partial charge in [0.1, 0.15) is 11.4 Å². The molecule has 1 aromatic heterocycles. The van der Waals surface area contributed by atoms with Crippen LogP contribution in [0.1, 0.15) is 23.0 Å². The molecule has 2 heterocycles. The Balaban J connectivity index is 2.05. The summed E-state index contributed by atoms with van der Waals surface area (Å²) in [6, 6.07) is 9.19. The number of para-hydroxylation sites is 1. The molecular weight excluding hydrogens is 243 g/mol. The van der Waals surface area contributed by atoms with Crippen LogP contribution in [0.2, 0.25) is 0 Å². The van der Waals surface area contributed by atoms with Gasteiger partial charge in [0, 0.05) is 24.0 Å². The molecule has 4 heteroatoms. The van der Waals surface area contributed by atoms with Gasteiger partial charge in [-0.1, -0.05) is 18.2 Å². The summed E-state index contributed by atoms with van der Waals surface area (Å²) in [5.74, 6) is 0.477. The summed E-state index contributed by atoms with van der Waals surface area (Å²) in [6.45, 7) is 0.860. The van der Waals surface area contributed by atoms with Crippen LogP contribution in [0.15, 0.2) is 36.5 Å². The van der Waals surface area contributed by atoms with E-state index in [9.17, 15) is 4.39 Å². The Labute approximate surface area is 111 Å². The smallest absolute Gasteiger partial charge is 0.173 e. The second kappa shape index (κ2) is 4.88. The number of benzene rings is 1. The van der Waals surface area contributed by atoms with Crippen molar-refractivity contribution in [2.75, 3.05) is 19.0 Å². The van der Waals surface area contributed by atoms with Crippen molar-refractivity contribution >= 4 is 5.69 Å². The molecule has 0 saturated carbocycles. The minimum Gasteiger partial charge on any atom is -0.495 e. The lowest BCUT2D eigenvalue weighted by atomic mass is 10.0. The van der Waals surface area contributed by atoms with Gasteiger partial charge in [0.05, 0.1) is 7.11 Å². The summed E-state index contributed by atoms with van der Waals surface area (Å²) >= 11 is 0. The molecule has 0 spiro atoms. The van der Waals surface area contributed by atoms with Gasteiger partial charge in [0.25, 0.3) is 0 Å². The van der Waals surface area contributed by atoms with E-state index in [1.807, 2.05) is 12.1 Å². The number of pyridine rings is 1. The van der Waals surface area contributed by atoms with Crippen LogP contribution in [0.3, 0.4) is 0 Å². The van der Waals surface area contributed by atoms with Gasteiger partial charge >= 0.3 is 0 Å². The summed E-state index contributed by atoms with van der Waals surface area (Å²) in [5, 5.41) is 3.25. The molecule has 1 aliphatic rings. The van der Waals surface area contributed by atoms with E-state index in [0.29, 0.717) is 17.0 Å². The van der Waals surface area contributed by atoms with Gasteiger partial charge in [-0.05, 0) is 24.1 Å². The van der Waals surface area contributed by atoms with Gasteiger partial charge in [-0.3, -0.25) is 4.98 Å². The Morgan fingerprint density at radius 3 is 3.05 bits per heavy atom. The lowest BCUT2D eigenvalue weighted by Gasteiger charge is -2.15. The van der Waals surface area contributed by atoms with Gasteiger partial charge in [-0.2, -0.15) is 0 Å². The maximum absolute atomic E-state index is 14.8. The van der Waals surface area contributed by atoms with Crippen molar-refractivity contribution in [2.45, 2.75) is 12.6 Å². The number of rotatable bonds is 3. The van der Waals surface area contributed by atoms with Gasteiger partial charge in [-0.15, -0.1) is 0 Å². The standard InChI is InChI=1S/C15H15FN2O/c1-19-12-6-3-8-17-15(12)13(16)11-5-2-4-10-7-9-18-14(10)11/h2-6,8,13,18H,7,9H2,1H3. The van der Waals surface area contributed by atoms with E-state index < -0.39 is 6.17 Å². The van der Waals surface area contributed by atoms with Gasteiger partial charge in [0.15, 0.2) is 6.17 Å². The highest BCUT2D eigenvalue weighted by Crippen LogP contribution is 2.38. The van der Waals surface area contributed by atoms with Crippen molar-refractivity contribution in [2.24, 2.45) is 0 Å². The second-order valence-electron chi connectivity index (χ2n) is 4.51. The zero-order valence-electron chi connectivity index (χ0n) is 10.7. The largest absolute Gasteiger partial charge is 0.495 e. The van der Waals surface area contributed by atoms with Gasteiger partial charge in [0.2, 0.25) is 0 Å². The number of hydrogen-bond donors (Lipinski definition) is 1. The molecule has 0 radical (unpaired) electrons. The van der Waals surface area contributed by atoms with E-state index in [-0.39, 0.29) is 0 Å². The molecule has 0 saturated heterocycles. The van der Waals surface area contributed by atoms with E-state index in [1.165, 1.54) is 7.11 Å². The monoisotopic (exact) mass is 258 g/mol. The maximum atomic E-state index is 14.8. The second-order valence-corrected chi connectivity index (χ2v) is 4.51. The number of aromatic nitrogens is 1. The van der Waals surface area contributed by atoms with Crippen LogP contribution in [0, 0.1) is 0 Å². The van der Waals surface area contributed by atoms with Crippen LogP contribution in [-0.4, -0.2) is 18.6 Å². The summed E-state index contributed by atoms with van der Waals surface area (Å²) in [4.78, 5) is 4.12. The number of nitrogens with zero attached hydrogens (tertiary/aromatic N) is 1. The Bertz CT molecular complexity index is 600. The molecule has 19 heavy (non-hydrogen) atoms. The highest BCUT2D eigenvalue weighted by molar-refractivity contribution is 5.63. The number of halogens is 1. The summed E-state index contributed by atoms with van der Waals surface area (Å²) in [6.07, 6.45) is 1.24. The van der Waals surface area contributed by atoms with Crippen LogP contribution in [0.5, 0.6) is 5.75 Å². The van der Waals surface area contributed by atoms with Crippen LogP contribution < -0.4 is 10.1 Å². The lowest BCUT2D eigenvalue weighted by molar-refractivity contribution is 0.356. The fourth-order valence-electron chi connectivity index (χ4n) is 2.49. The molecule has 98 valence electrons. The fourth-order valence-corrected chi connectivity index (χ4v) is 2.49. The van der Waals surface area contributed by atoms with E-state index >= 15 is 0 Å². The van der Waals surface area contributed by atoms with E-state index in [1.54, 1.807) is 24.4 Å². The lowest BCUT2D eigenvalue weighted by Crippen LogP contribution is -2.04. The fraction of sp³-hybridized carbons (Fsp3) is 0.267. The molecule has 1 atom stereocenters. The predicted octanol–water partition coefficient (Wildman–Crippen LogP) is 3.12. The molecule has 3 rings (SSSR count). The molecule has 1 aliphatic heterocycles. The average molecular weight is 258 g/mol.